The Hall–Kier alpha value is -2.84. The number of rotatable bonds is 8. The molecule has 0 aromatic heterocycles. The highest BCUT2D eigenvalue weighted by molar-refractivity contribution is 5.89. The lowest BCUT2D eigenvalue weighted by Gasteiger charge is -2.39. The third-order valence-electron chi connectivity index (χ3n) is 8.19. The summed E-state index contributed by atoms with van der Waals surface area (Å²) in [5.74, 6) is -2.35. The van der Waals surface area contributed by atoms with Gasteiger partial charge in [-0.05, 0) is 68.0 Å². The number of hydrogen-bond acceptors (Lipinski definition) is 4. The number of nitrogens with zero attached hydrogens (tertiary/aromatic N) is 3. The van der Waals surface area contributed by atoms with Crippen molar-refractivity contribution in [2.24, 2.45) is 0 Å². The van der Waals surface area contributed by atoms with Crippen LogP contribution in [0.5, 0.6) is 0 Å². The highest BCUT2D eigenvalue weighted by Gasteiger charge is 2.42. The van der Waals surface area contributed by atoms with Crippen LogP contribution in [0.25, 0.3) is 0 Å². The summed E-state index contributed by atoms with van der Waals surface area (Å²) in [5, 5.41) is 0. The van der Waals surface area contributed by atoms with Crippen LogP contribution >= 0.6 is 0 Å². The van der Waals surface area contributed by atoms with Crippen LogP contribution in [0.4, 0.5) is 8.78 Å². The molecule has 2 fully saturated rings. The second kappa shape index (κ2) is 10.9. The molecule has 2 aromatic carbocycles. The first-order chi connectivity index (χ1) is 17.9. The Labute approximate surface area is 217 Å². The van der Waals surface area contributed by atoms with Crippen LogP contribution < -0.4 is 0 Å². The zero-order chi connectivity index (χ0) is 26.0. The Morgan fingerprint density at radius 2 is 1.89 bits per heavy atom. The zero-order valence-electron chi connectivity index (χ0n) is 21.4. The number of hydrogen-bond donors (Lipinski definition) is 0. The van der Waals surface area contributed by atoms with E-state index in [9.17, 15) is 18.4 Å². The molecular formula is C29H35F2N3O3. The molecule has 3 heterocycles. The summed E-state index contributed by atoms with van der Waals surface area (Å²) in [4.78, 5) is 31.9. The molecule has 0 saturated carbocycles. The third kappa shape index (κ3) is 5.14. The second-order valence-electron chi connectivity index (χ2n) is 10.3. The first kappa shape index (κ1) is 25.8. The van der Waals surface area contributed by atoms with Gasteiger partial charge >= 0.3 is 0 Å². The average molecular weight is 512 g/mol. The predicted molar refractivity (Wildman–Crippen MR) is 135 cm³/mol. The van der Waals surface area contributed by atoms with Crippen LogP contribution in [-0.2, 0) is 26.5 Å². The number of fused-ring (bicyclic) bond motifs is 2. The van der Waals surface area contributed by atoms with E-state index < -0.39 is 17.7 Å². The Bertz CT molecular complexity index is 1150. The van der Waals surface area contributed by atoms with Gasteiger partial charge in [-0.25, -0.2) is 8.78 Å². The van der Waals surface area contributed by atoms with Crippen molar-refractivity contribution in [2.45, 2.75) is 57.3 Å². The molecule has 3 aliphatic rings. The minimum Gasteiger partial charge on any atom is -0.365 e. The van der Waals surface area contributed by atoms with E-state index >= 15 is 0 Å². The van der Waals surface area contributed by atoms with Crippen LogP contribution in [0.2, 0.25) is 0 Å². The molecule has 1 unspecified atom stereocenters. The first-order valence-corrected chi connectivity index (χ1v) is 13.4. The predicted octanol–water partition coefficient (Wildman–Crippen LogP) is 4.39. The number of likely N-dealkylation sites (N-methyl/N-ethyl adjacent to an activating group) is 1. The standard InChI is InChI=1S/C29H35F2N3O3/c1-2-33(28(36)27(34-16-5-9-26(34)35)21-10-11-24(30)25(31)19-21)15-6-14-32-17-12-29(13-18-32)23-8-4-3-7-22(23)20-37-29/h3-4,7-8,10-11,19,27H,2,5-6,9,12-18,20H2,1H3. The highest BCUT2D eigenvalue weighted by Crippen LogP contribution is 2.44. The maximum absolute atomic E-state index is 14.1. The molecule has 3 aliphatic heterocycles. The summed E-state index contributed by atoms with van der Waals surface area (Å²) in [6.45, 7) is 6.79. The summed E-state index contributed by atoms with van der Waals surface area (Å²) in [6, 6.07) is 11.0. The number of benzene rings is 2. The Kier molecular flexibility index (Phi) is 7.58. The molecule has 5 rings (SSSR count). The van der Waals surface area contributed by atoms with Crippen molar-refractivity contribution in [1.82, 2.24) is 14.7 Å². The maximum atomic E-state index is 14.1. The van der Waals surface area contributed by atoms with Gasteiger partial charge in [-0.1, -0.05) is 30.3 Å². The van der Waals surface area contributed by atoms with Crippen molar-refractivity contribution >= 4 is 11.8 Å². The number of piperidine rings is 1. The number of ether oxygens (including phenoxy) is 1. The smallest absolute Gasteiger partial charge is 0.250 e. The third-order valence-corrected chi connectivity index (χ3v) is 8.19. The van der Waals surface area contributed by atoms with Gasteiger partial charge < -0.3 is 19.4 Å². The number of amides is 2. The fourth-order valence-corrected chi connectivity index (χ4v) is 6.10. The molecule has 2 saturated heterocycles. The fourth-order valence-electron chi connectivity index (χ4n) is 6.10. The fraction of sp³-hybridized carbons (Fsp3) is 0.517. The maximum Gasteiger partial charge on any atom is 0.250 e. The monoisotopic (exact) mass is 511 g/mol. The molecule has 198 valence electrons. The Balaban J connectivity index is 1.20. The molecule has 0 aliphatic carbocycles. The van der Waals surface area contributed by atoms with E-state index in [0.717, 1.165) is 51.0 Å². The van der Waals surface area contributed by atoms with E-state index in [4.69, 9.17) is 4.74 Å². The zero-order valence-corrected chi connectivity index (χ0v) is 21.4. The molecule has 1 atom stereocenters. The summed E-state index contributed by atoms with van der Waals surface area (Å²) in [7, 11) is 0. The van der Waals surface area contributed by atoms with Gasteiger partial charge in [0.1, 0.15) is 6.04 Å². The topological polar surface area (TPSA) is 53.1 Å². The van der Waals surface area contributed by atoms with E-state index in [1.54, 1.807) is 4.90 Å². The summed E-state index contributed by atoms with van der Waals surface area (Å²) < 4.78 is 33.9. The van der Waals surface area contributed by atoms with Gasteiger partial charge in [0.05, 0.1) is 12.2 Å². The van der Waals surface area contributed by atoms with Crippen molar-refractivity contribution in [3.8, 4) is 0 Å². The Morgan fingerprint density at radius 1 is 1.11 bits per heavy atom. The van der Waals surface area contributed by atoms with E-state index in [1.807, 2.05) is 6.92 Å². The van der Waals surface area contributed by atoms with Crippen LogP contribution in [0, 0.1) is 11.6 Å². The Morgan fingerprint density at radius 3 is 2.59 bits per heavy atom. The molecule has 2 aromatic rings. The van der Waals surface area contributed by atoms with Gasteiger partial charge in [0.25, 0.3) is 0 Å². The first-order valence-electron chi connectivity index (χ1n) is 13.4. The lowest BCUT2D eigenvalue weighted by molar-refractivity contribution is -0.144. The number of carbonyl (C=O) groups excluding carboxylic acids is 2. The van der Waals surface area contributed by atoms with Crippen LogP contribution in [-0.4, -0.2) is 65.8 Å². The molecule has 37 heavy (non-hydrogen) atoms. The molecule has 0 N–H and O–H groups in total. The van der Waals surface area contributed by atoms with Gasteiger partial charge in [-0.3, -0.25) is 9.59 Å². The van der Waals surface area contributed by atoms with Gasteiger partial charge in [0.2, 0.25) is 11.8 Å². The lowest BCUT2D eigenvalue weighted by Crippen LogP contribution is -2.45. The summed E-state index contributed by atoms with van der Waals surface area (Å²) in [5.41, 5.74) is 2.77. The highest BCUT2D eigenvalue weighted by atomic mass is 19.2. The van der Waals surface area contributed by atoms with Gasteiger partial charge in [-0.15, -0.1) is 0 Å². The number of halogens is 2. The van der Waals surface area contributed by atoms with Crippen LogP contribution in [0.15, 0.2) is 42.5 Å². The minimum atomic E-state index is -1.01. The lowest BCUT2D eigenvalue weighted by atomic mass is 9.84. The van der Waals surface area contributed by atoms with Gasteiger partial charge in [-0.2, -0.15) is 0 Å². The largest absolute Gasteiger partial charge is 0.365 e. The second-order valence-corrected chi connectivity index (χ2v) is 10.3. The van der Waals surface area contributed by atoms with E-state index in [1.165, 1.54) is 22.1 Å². The molecule has 0 radical (unpaired) electrons. The SMILES string of the molecule is CCN(CCCN1CCC2(CC1)OCc1ccccc12)C(=O)C(c1ccc(F)c(F)c1)N1CCCC1=O. The normalized spacial score (nSPS) is 19.9. The van der Waals surface area contributed by atoms with Crippen LogP contribution in [0.1, 0.15) is 61.8 Å². The van der Waals surface area contributed by atoms with Gasteiger partial charge in [0.15, 0.2) is 11.6 Å². The van der Waals surface area contributed by atoms with Gasteiger partial charge in [0, 0.05) is 39.1 Å². The van der Waals surface area contributed by atoms with E-state index in [2.05, 4.69) is 29.2 Å². The minimum absolute atomic E-state index is 0.128. The molecular weight excluding hydrogens is 476 g/mol. The molecule has 2 amide bonds. The molecule has 1 spiro atoms. The van der Waals surface area contributed by atoms with E-state index in [0.29, 0.717) is 44.6 Å². The van der Waals surface area contributed by atoms with Crippen molar-refractivity contribution in [3.05, 3.63) is 70.8 Å². The molecule has 6 nitrogen and oxygen atoms in total. The van der Waals surface area contributed by atoms with E-state index in [-0.39, 0.29) is 17.4 Å². The molecule has 8 heteroatoms. The number of carbonyl (C=O) groups is 2. The van der Waals surface area contributed by atoms with Crippen molar-refractivity contribution in [3.63, 3.8) is 0 Å². The quantitative estimate of drug-likeness (QED) is 0.528. The van der Waals surface area contributed by atoms with Crippen molar-refractivity contribution in [1.29, 1.82) is 0 Å². The average Bonchev–Trinajstić information content (AvgIpc) is 3.49. The summed E-state index contributed by atoms with van der Waals surface area (Å²) >= 11 is 0. The van der Waals surface area contributed by atoms with Crippen molar-refractivity contribution in [2.75, 3.05) is 39.3 Å². The molecule has 0 bridgehead atoms. The number of likely N-dealkylation sites (tertiary alicyclic amines) is 2. The summed E-state index contributed by atoms with van der Waals surface area (Å²) in [6.07, 6.45) is 3.72. The van der Waals surface area contributed by atoms with Crippen LogP contribution in [0.3, 0.4) is 0 Å². The van der Waals surface area contributed by atoms with Crippen molar-refractivity contribution < 1.29 is 23.1 Å².